The van der Waals surface area contributed by atoms with Crippen LogP contribution in [0, 0.1) is 6.92 Å². The summed E-state index contributed by atoms with van der Waals surface area (Å²) in [5, 5.41) is 15.2. The van der Waals surface area contributed by atoms with Crippen LogP contribution in [-0.4, -0.2) is 28.6 Å². The quantitative estimate of drug-likeness (QED) is 0.890. The van der Waals surface area contributed by atoms with Gasteiger partial charge in [0.15, 0.2) is 0 Å². The van der Waals surface area contributed by atoms with Crippen molar-refractivity contribution in [2.45, 2.75) is 19.6 Å². The summed E-state index contributed by atoms with van der Waals surface area (Å²) < 4.78 is 7.64. The van der Waals surface area contributed by atoms with Gasteiger partial charge in [-0.15, -0.1) is 0 Å². The van der Waals surface area contributed by atoms with E-state index in [0.29, 0.717) is 23.9 Å². The number of hydrogen-bond acceptors (Lipinski definition) is 3. The van der Waals surface area contributed by atoms with Crippen molar-refractivity contribution in [2.24, 2.45) is 0 Å². The molecule has 20 heavy (non-hydrogen) atoms. The summed E-state index contributed by atoms with van der Waals surface area (Å²) >= 11 is 9.59. The Morgan fingerprint density at radius 1 is 1.45 bits per heavy atom. The van der Waals surface area contributed by atoms with Crippen LogP contribution in [0.3, 0.4) is 0 Å². The Balaban J connectivity index is 2.36. The van der Waals surface area contributed by atoms with Crippen LogP contribution in [0.4, 0.5) is 0 Å². The zero-order chi connectivity index (χ0) is 14.7. The molecule has 4 nitrogen and oxygen atoms in total. The summed E-state index contributed by atoms with van der Waals surface area (Å²) in [4.78, 5) is 0. The third kappa shape index (κ3) is 3.41. The molecule has 0 spiro atoms. The Morgan fingerprint density at radius 2 is 2.20 bits per heavy atom. The molecule has 108 valence electrons. The average molecular weight is 360 g/mol. The van der Waals surface area contributed by atoms with Gasteiger partial charge in [-0.05, 0) is 30.2 Å². The van der Waals surface area contributed by atoms with E-state index >= 15 is 0 Å². The monoisotopic (exact) mass is 358 g/mol. The summed E-state index contributed by atoms with van der Waals surface area (Å²) in [6, 6.07) is 5.79. The van der Waals surface area contributed by atoms with E-state index in [1.165, 1.54) is 0 Å². The Morgan fingerprint density at radius 3 is 2.85 bits per heavy atom. The largest absolute Gasteiger partial charge is 0.383 e. The zero-order valence-electron chi connectivity index (χ0n) is 11.3. The van der Waals surface area contributed by atoms with E-state index in [4.69, 9.17) is 16.3 Å². The standard InChI is InChI=1S/C14H16BrClN2O2/c1-9-5-10(7-11(15)6-9)14(19)13-12(16)8-17-18(13)3-4-20-2/h5-8,14,19H,3-4H2,1-2H3. The van der Waals surface area contributed by atoms with Crippen molar-refractivity contribution in [1.82, 2.24) is 9.78 Å². The lowest BCUT2D eigenvalue weighted by Crippen LogP contribution is -2.13. The number of halogens is 2. The molecule has 6 heteroatoms. The third-order valence-corrected chi connectivity index (χ3v) is 3.73. The van der Waals surface area contributed by atoms with E-state index in [9.17, 15) is 5.11 Å². The van der Waals surface area contributed by atoms with Gasteiger partial charge in [0.1, 0.15) is 6.10 Å². The highest BCUT2D eigenvalue weighted by Gasteiger charge is 2.20. The summed E-state index contributed by atoms with van der Waals surface area (Å²) in [7, 11) is 1.62. The van der Waals surface area contributed by atoms with Gasteiger partial charge >= 0.3 is 0 Å². The number of nitrogens with zero attached hydrogens (tertiary/aromatic N) is 2. The van der Waals surface area contributed by atoms with Crippen molar-refractivity contribution in [2.75, 3.05) is 13.7 Å². The third-order valence-electron chi connectivity index (χ3n) is 2.98. The first-order chi connectivity index (χ1) is 9.52. The van der Waals surface area contributed by atoms with E-state index < -0.39 is 6.10 Å². The molecule has 1 atom stereocenters. The van der Waals surface area contributed by atoms with Gasteiger partial charge in [0.25, 0.3) is 0 Å². The number of aryl methyl sites for hydroxylation is 1. The molecule has 0 amide bonds. The van der Waals surface area contributed by atoms with Gasteiger partial charge in [-0.3, -0.25) is 4.68 Å². The Hall–Kier alpha value is -0.880. The molecule has 0 aliphatic rings. The maximum atomic E-state index is 10.6. The van der Waals surface area contributed by atoms with Gasteiger partial charge in [-0.2, -0.15) is 5.10 Å². The topological polar surface area (TPSA) is 47.3 Å². The highest BCUT2D eigenvalue weighted by atomic mass is 79.9. The van der Waals surface area contributed by atoms with Gasteiger partial charge < -0.3 is 9.84 Å². The Kier molecular flexibility index (Phi) is 5.21. The predicted molar refractivity (Wildman–Crippen MR) is 82.1 cm³/mol. The number of benzene rings is 1. The minimum Gasteiger partial charge on any atom is -0.383 e. The van der Waals surface area contributed by atoms with E-state index in [0.717, 1.165) is 15.6 Å². The summed E-state index contributed by atoms with van der Waals surface area (Å²) in [6.45, 7) is 3.03. The lowest BCUT2D eigenvalue weighted by atomic mass is 10.0. The van der Waals surface area contributed by atoms with Crippen LogP contribution in [0.25, 0.3) is 0 Å². The number of methoxy groups -OCH3 is 1. The van der Waals surface area contributed by atoms with Crippen molar-refractivity contribution in [3.05, 3.63) is 50.7 Å². The maximum absolute atomic E-state index is 10.6. The summed E-state index contributed by atoms with van der Waals surface area (Å²) in [5.41, 5.74) is 2.42. The molecule has 0 aliphatic heterocycles. The molecule has 2 aromatic rings. The predicted octanol–water partition coefficient (Wildman–Crippen LogP) is 3.34. The van der Waals surface area contributed by atoms with E-state index in [1.807, 2.05) is 25.1 Å². The molecule has 0 saturated carbocycles. The number of aromatic nitrogens is 2. The first-order valence-electron chi connectivity index (χ1n) is 6.18. The van der Waals surface area contributed by atoms with Crippen LogP contribution < -0.4 is 0 Å². The number of ether oxygens (including phenoxy) is 1. The van der Waals surface area contributed by atoms with Gasteiger partial charge in [0.05, 0.1) is 30.1 Å². The highest BCUT2D eigenvalue weighted by molar-refractivity contribution is 9.10. The lowest BCUT2D eigenvalue weighted by molar-refractivity contribution is 0.171. The van der Waals surface area contributed by atoms with Crippen molar-refractivity contribution in [1.29, 1.82) is 0 Å². The van der Waals surface area contributed by atoms with Gasteiger partial charge in [-0.25, -0.2) is 0 Å². The molecule has 0 bridgehead atoms. The Bertz CT molecular complexity index is 581. The zero-order valence-corrected chi connectivity index (χ0v) is 13.6. The van der Waals surface area contributed by atoms with Crippen molar-refractivity contribution < 1.29 is 9.84 Å². The molecule has 1 aromatic carbocycles. The highest BCUT2D eigenvalue weighted by Crippen LogP contribution is 2.30. The van der Waals surface area contributed by atoms with Crippen LogP contribution >= 0.6 is 27.5 Å². The Labute approximate surface area is 131 Å². The minimum atomic E-state index is -0.821. The fraction of sp³-hybridized carbons (Fsp3) is 0.357. The van der Waals surface area contributed by atoms with E-state index in [1.54, 1.807) is 18.0 Å². The molecular weight excluding hydrogens is 344 g/mol. The summed E-state index contributed by atoms with van der Waals surface area (Å²) in [6.07, 6.45) is 0.721. The van der Waals surface area contributed by atoms with Crippen molar-refractivity contribution in [3.63, 3.8) is 0 Å². The SMILES string of the molecule is COCCn1ncc(Cl)c1C(O)c1cc(C)cc(Br)c1. The second-order valence-electron chi connectivity index (χ2n) is 4.56. The second-order valence-corrected chi connectivity index (χ2v) is 5.88. The lowest BCUT2D eigenvalue weighted by Gasteiger charge is -2.15. The molecule has 1 aromatic heterocycles. The molecule has 2 rings (SSSR count). The molecule has 0 aliphatic carbocycles. The molecule has 0 radical (unpaired) electrons. The number of hydrogen-bond donors (Lipinski definition) is 1. The van der Waals surface area contributed by atoms with Crippen LogP contribution in [0.15, 0.2) is 28.9 Å². The summed E-state index contributed by atoms with van der Waals surface area (Å²) in [5.74, 6) is 0. The van der Waals surface area contributed by atoms with Gasteiger partial charge in [0.2, 0.25) is 0 Å². The molecular formula is C14H16BrClN2O2. The van der Waals surface area contributed by atoms with Crippen molar-refractivity contribution in [3.8, 4) is 0 Å². The van der Waals surface area contributed by atoms with Crippen LogP contribution in [0.2, 0.25) is 5.02 Å². The molecule has 0 fully saturated rings. The average Bonchev–Trinajstić information content (AvgIpc) is 2.75. The van der Waals surface area contributed by atoms with Gasteiger partial charge in [0, 0.05) is 11.6 Å². The number of aliphatic hydroxyl groups is 1. The van der Waals surface area contributed by atoms with Gasteiger partial charge in [-0.1, -0.05) is 33.6 Å². The fourth-order valence-electron chi connectivity index (χ4n) is 2.08. The normalized spacial score (nSPS) is 12.7. The van der Waals surface area contributed by atoms with Crippen molar-refractivity contribution >= 4 is 27.5 Å². The molecule has 1 heterocycles. The van der Waals surface area contributed by atoms with E-state index in [2.05, 4.69) is 21.0 Å². The molecule has 1 unspecified atom stereocenters. The van der Waals surface area contributed by atoms with E-state index in [-0.39, 0.29) is 0 Å². The van der Waals surface area contributed by atoms with Crippen LogP contribution in [-0.2, 0) is 11.3 Å². The number of aliphatic hydroxyl groups excluding tert-OH is 1. The molecule has 0 saturated heterocycles. The first kappa shape index (κ1) is 15.5. The maximum Gasteiger partial charge on any atom is 0.122 e. The van der Waals surface area contributed by atoms with Crippen LogP contribution in [0.5, 0.6) is 0 Å². The molecule has 1 N–H and O–H groups in total. The smallest absolute Gasteiger partial charge is 0.122 e. The second kappa shape index (κ2) is 6.72. The fourth-order valence-corrected chi connectivity index (χ4v) is 2.95. The minimum absolute atomic E-state index is 0.450. The first-order valence-corrected chi connectivity index (χ1v) is 7.35. The van der Waals surface area contributed by atoms with Crippen LogP contribution in [0.1, 0.15) is 22.9 Å². The number of rotatable bonds is 5.